The first-order valence-electron chi connectivity index (χ1n) is 8.82. The number of oxazole rings is 1. The normalized spacial score (nSPS) is 17.2. The van der Waals surface area contributed by atoms with Gasteiger partial charge in [0.05, 0.1) is 6.42 Å². The van der Waals surface area contributed by atoms with Gasteiger partial charge in [0.2, 0.25) is 23.4 Å². The number of aromatic nitrogens is 1. The monoisotopic (exact) mass is 354 g/mol. The topological polar surface area (TPSA) is 73.4 Å². The van der Waals surface area contributed by atoms with Gasteiger partial charge in [-0.2, -0.15) is 5.26 Å². The van der Waals surface area contributed by atoms with Crippen LogP contribution in [0.15, 0.2) is 28.7 Å². The van der Waals surface area contributed by atoms with Crippen molar-refractivity contribution in [1.29, 1.82) is 5.26 Å². The van der Waals surface area contributed by atoms with Gasteiger partial charge in [-0.1, -0.05) is 18.2 Å². The molecule has 2 aromatic rings. The third-order valence-electron chi connectivity index (χ3n) is 4.88. The van der Waals surface area contributed by atoms with Crippen molar-refractivity contribution < 1.29 is 13.6 Å². The van der Waals surface area contributed by atoms with Crippen LogP contribution in [0.3, 0.4) is 0 Å². The van der Waals surface area contributed by atoms with Crippen LogP contribution in [-0.4, -0.2) is 42.0 Å². The van der Waals surface area contributed by atoms with E-state index in [2.05, 4.69) is 11.1 Å². The second-order valence-electron chi connectivity index (χ2n) is 6.73. The summed E-state index contributed by atoms with van der Waals surface area (Å²) in [5, 5.41) is 9.30. The molecule has 1 aliphatic heterocycles. The van der Waals surface area contributed by atoms with Gasteiger partial charge in [-0.05, 0) is 24.5 Å². The van der Waals surface area contributed by atoms with Crippen LogP contribution in [0.4, 0.5) is 10.3 Å². The molecule has 1 saturated heterocycles. The summed E-state index contributed by atoms with van der Waals surface area (Å²) in [5.74, 6) is 1.06. The maximum absolute atomic E-state index is 13.7. The number of nitriles is 1. The lowest BCUT2D eigenvalue weighted by Gasteiger charge is -2.34. The number of halogens is 1. The van der Waals surface area contributed by atoms with Gasteiger partial charge in [0.15, 0.2) is 0 Å². The predicted molar refractivity (Wildman–Crippen MR) is 92.1 cm³/mol. The summed E-state index contributed by atoms with van der Waals surface area (Å²) < 4.78 is 19.5. The van der Waals surface area contributed by atoms with E-state index in [-0.39, 0.29) is 18.1 Å². The second kappa shape index (κ2) is 6.79. The van der Waals surface area contributed by atoms with Crippen LogP contribution in [0.5, 0.6) is 0 Å². The Morgan fingerprint density at radius 1 is 1.27 bits per heavy atom. The van der Waals surface area contributed by atoms with Crippen LogP contribution in [0, 0.1) is 17.1 Å². The molecule has 0 spiro atoms. The Balaban J connectivity index is 1.39. The van der Waals surface area contributed by atoms with Gasteiger partial charge in [-0.25, -0.2) is 9.37 Å². The number of anilines is 1. The van der Waals surface area contributed by atoms with Gasteiger partial charge in [-0.15, -0.1) is 0 Å². The molecule has 0 unspecified atom stereocenters. The summed E-state index contributed by atoms with van der Waals surface area (Å²) in [4.78, 5) is 20.4. The number of amides is 1. The number of rotatable bonds is 4. The molecule has 2 aliphatic rings. The summed E-state index contributed by atoms with van der Waals surface area (Å²) in [6.07, 6.45) is 2.18. The molecule has 2 fully saturated rings. The zero-order valence-corrected chi connectivity index (χ0v) is 14.3. The van der Waals surface area contributed by atoms with Gasteiger partial charge in [0.25, 0.3) is 0 Å². The third kappa shape index (κ3) is 3.27. The standard InChI is InChI=1S/C19H19FN4O2/c20-15-4-2-1-3-14(15)11-17(25)23-7-9-24(10-8-23)19-16(12-21)22-18(26-19)13-5-6-13/h1-4,13H,5-11H2. The van der Waals surface area contributed by atoms with E-state index in [1.165, 1.54) is 6.07 Å². The molecule has 7 heteroatoms. The largest absolute Gasteiger partial charge is 0.423 e. The van der Waals surface area contributed by atoms with Crippen LogP contribution in [0.25, 0.3) is 0 Å². The summed E-state index contributed by atoms with van der Waals surface area (Å²) >= 11 is 0. The highest BCUT2D eigenvalue weighted by molar-refractivity contribution is 5.79. The van der Waals surface area contributed by atoms with Gasteiger partial charge in [0, 0.05) is 32.1 Å². The molecular weight excluding hydrogens is 335 g/mol. The average molecular weight is 354 g/mol. The van der Waals surface area contributed by atoms with Crippen molar-refractivity contribution in [3.63, 3.8) is 0 Å². The Labute approximate surface area is 150 Å². The van der Waals surface area contributed by atoms with E-state index in [9.17, 15) is 14.4 Å². The molecule has 1 amide bonds. The van der Waals surface area contributed by atoms with Crippen LogP contribution in [-0.2, 0) is 11.2 Å². The number of hydrogen-bond donors (Lipinski definition) is 0. The maximum Gasteiger partial charge on any atom is 0.234 e. The molecule has 2 heterocycles. The lowest BCUT2D eigenvalue weighted by molar-refractivity contribution is -0.130. The predicted octanol–water partition coefficient (Wildman–Crippen LogP) is 2.45. The van der Waals surface area contributed by atoms with Gasteiger partial charge < -0.3 is 14.2 Å². The van der Waals surface area contributed by atoms with Crippen LogP contribution in [0.2, 0.25) is 0 Å². The van der Waals surface area contributed by atoms with Gasteiger partial charge >= 0.3 is 0 Å². The van der Waals surface area contributed by atoms with Gasteiger partial charge in [-0.3, -0.25) is 4.79 Å². The van der Waals surface area contributed by atoms with E-state index in [0.29, 0.717) is 55.1 Å². The summed E-state index contributed by atoms with van der Waals surface area (Å²) in [6, 6.07) is 8.45. The highest BCUT2D eigenvalue weighted by Gasteiger charge is 2.32. The Morgan fingerprint density at radius 2 is 2.00 bits per heavy atom. The molecule has 1 aromatic heterocycles. The van der Waals surface area contributed by atoms with E-state index in [1.54, 1.807) is 23.1 Å². The Hall–Kier alpha value is -2.88. The smallest absolute Gasteiger partial charge is 0.234 e. The molecule has 1 aliphatic carbocycles. The van der Waals surface area contributed by atoms with E-state index >= 15 is 0 Å². The van der Waals surface area contributed by atoms with Crippen LogP contribution >= 0.6 is 0 Å². The fraction of sp³-hybridized carbons (Fsp3) is 0.421. The van der Waals surface area contributed by atoms with Crippen molar-refractivity contribution in [2.75, 3.05) is 31.1 Å². The van der Waals surface area contributed by atoms with E-state index in [0.717, 1.165) is 12.8 Å². The maximum atomic E-state index is 13.7. The highest BCUT2D eigenvalue weighted by Crippen LogP contribution is 2.41. The molecule has 0 bridgehead atoms. The lowest BCUT2D eigenvalue weighted by Crippen LogP contribution is -2.49. The molecule has 6 nitrogen and oxygen atoms in total. The molecular formula is C19H19FN4O2. The van der Waals surface area contributed by atoms with Crippen LogP contribution in [0.1, 0.15) is 35.9 Å². The molecule has 1 aromatic carbocycles. The zero-order valence-electron chi connectivity index (χ0n) is 14.3. The zero-order chi connectivity index (χ0) is 18.1. The van der Waals surface area contributed by atoms with Crippen molar-refractivity contribution in [2.24, 2.45) is 0 Å². The van der Waals surface area contributed by atoms with Crippen molar-refractivity contribution in [2.45, 2.75) is 25.2 Å². The number of piperazine rings is 1. The fourth-order valence-corrected chi connectivity index (χ4v) is 3.20. The van der Waals surface area contributed by atoms with Crippen molar-refractivity contribution >= 4 is 11.8 Å². The van der Waals surface area contributed by atoms with E-state index in [4.69, 9.17) is 4.42 Å². The number of hydrogen-bond acceptors (Lipinski definition) is 5. The molecule has 1 saturated carbocycles. The molecule has 4 rings (SSSR count). The SMILES string of the molecule is N#Cc1nc(C2CC2)oc1N1CCN(C(=O)Cc2ccccc2F)CC1. The van der Waals surface area contributed by atoms with Crippen LogP contribution < -0.4 is 4.90 Å². The molecule has 0 radical (unpaired) electrons. The molecule has 26 heavy (non-hydrogen) atoms. The second-order valence-corrected chi connectivity index (χ2v) is 6.73. The minimum Gasteiger partial charge on any atom is -0.423 e. The third-order valence-corrected chi connectivity index (χ3v) is 4.88. The van der Waals surface area contributed by atoms with Crippen molar-refractivity contribution in [1.82, 2.24) is 9.88 Å². The molecule has 0 atom stereocenters. The molecule has 134 valence electrons. The summed E-state index contributed by atoms with van der Waals surface area (Å²) in [6.45, 7) is 2.16. The van der Waals surface area contributed by atoms with Crippen molar-refractivity contribution in [3.05, 3.63) is 47.2 Å². The fourth-order valence-electron chi connectivity index (χ4n) is 3.20. The molecule has 0 N–H and O–H groups in total. The number of nitrogens with zero attached hydrogens (tertiary/aromatic N) is 4. The van der Waals surface area contributed by atoms with Crippen molar-refractivity contribution in [3.8, 4) is 6.07 Å². The quantitative estimate of drug-likeness (QED) is 0.843. The lowest BCUT2D eigenvalue weighted by atomic mass is 10.1. The first kappa shape index (κ1) is 16.6. The number of benzene rings is 1. The highest BCUT2D eigenvalue weighted by atomic mass is 19.1. The minimum atomic E-state index is -0.354. The minimum absolute atomic E-state index is 0.0598. The Bertz CT molecular complexity index is 861. The first-order valence-corrected chi connectivity index (χ1v) is 8.82. The van der Waals surface area contributed by atoms with Gasteiger partial charge in [0.1, 0.15) is 11.9 Å². The van der Waals surface area contributed by atoms with E-state index < -0.39 is 0 Å². The summed E-state index contributed by atoms with van der Waals surface area (Å²) in [5.41, 5.74) is 0.731. The Morgan fingerprint density at radius 3 is 2.65 bits per heavy atom. The van der Waals surface area contributed by atoms with E-state index in [1.807, 2.05) is 4.90 Å². The summed E-state index contributed by atoms with van der Waals surface area (Å²) in [7, 11) is 0. The first-order chi connectivity index (χ1) is 12.7. The number of carbonyl (C=O) groups excluding carboxylic acids is 1. The average Bonchev–Trinajstić information content (AvgIpc) is 3.42. The Kier molecular flexibility index (Phi) is 4.33. The number of carbonyl (C=O) groups is 1.